The van der Waals surface area contributed by atoms with E-state index in [-0.39, 0.29) is 11.8 Å². The van der Waals surface area contributed by atoms with E-state index >= 15 is 0 Å². The molecule has 0 aliphatic carbocycles. The van der Waals surface area contributed by atoms with E-state index in [9.17, 15) is 8.42 Å². The van der Waals surface area contributed by atoms with Crippen molar-refractivity contribution in [2.45, 2.75) is 19.9 Å². The topological polar surface area (TPSA) is 108 Å². The minimum atomic E-state index is -3.69. The van der Waals surface area contributed by atoms with Crippen LogP contribution in [0.1, 0.15) is 25.5 Å². The second-order valence-electron chi connectivity index (χ2n) is 4.66. The number of amidine groups is 1. The van der Waals surface area contributed by atoms with Gasteiger partial charge >= 0.3 is 0 Å². The average Bonchev–Trinajstić information content (AvgIpc) is 2.35. The third kappa shape index (κ3) is 5.37. The first kappa shape index (κ1) is 15.6. The Hall–Kier alpha value is -1.44. The monoisotopic (exact) mass is 284 g/mol. The Kier molecular flexibility index (Phi) is 5.46. The van der Waals surface area contributed by atoms with Crippen LogP contribution in [0.3, 0.4) is 0 Å². The van der Waals surface area contributed by atoms with Gasteiger partial charge in [0.25, 0.3) is 10.2 Å². The van der Waals surface area contributed by atoms with Gasteiger partial charge in [0, 0.05) is 6.54 Å². The van der Waals surface area contributed by atoms with E-state index in [2.05, 4.69) is 9.44 Å². The second-order valence-corrected chi connectivity index (χ2v) is 6.19. The number of rotatable bonds is 7. The van der Waals surface area contributed by atoms with Gasteiger partial charge in [-0.2, -0.15) is 13.1 Å². The molecule has 0 aliphatic heterocycles. The number of benzene rings is 1. The highest BCUT2D eigenvalue weighted by atomic mass is 32.2. The van der Waals surface area contributed by atoms with Crippen LogP contribution in [0.5, 0.6) is 0 Å². The highest BCUT2D eigenvalue weighted by Gasteiger charge is 2.21. The summed E-state index contributed by atoms with van der Waals surface area (Å²) in [7, 11) is -3.69. The van der Waals surface area contributed by atoms with Crippen molar-refractivity contribution < 1.29 is 8.42 Å². The molecule has 1 atom stereocenters. The molecule has 0 aromatic heterocycles. The van der Waals surface area contributed by atoms with Crippen molar-refractivity contribution >= 4 is 16.0 Å². The van der Waals surface area contributed by atoms with Crippen molar-refractivity contribution in [3.8, 4) is 0 Å². The maximum Gasteiger partial charge on any atom is 0.277 e. The van der Waals surface area contributed by atoms with Crippen LogP contribution in [-0.2, 0) is 10.2 Å². The van der Waals surface area contributed by atoms with Gasteiger partial charge in [0.2, 0.25) is 0 Å². The van der Waals surface area contributed by atoms with Gasteiger partial charge < -0.3 is 5.73 Å². The Morgan fingerprint density at radius 1 is 1.32 bits per heavy atom. The molecular weight excluding hydrogens is 264 g/mol. The summed E-state index contributed by atoms with van der Waals surface area (Å²) in [5.74, 6) is -0.0507. The maximum atomic E-state index is 11.8. The van der Waals surface area contributed by atoms with Crippen molar-refractivity contribution in [1.82, 2.24) is 9.44 Å². The van der Waals surface area contributed by atoms with Crippen LogP contribution in [0.25, 0.3) is 0 Å². The summed E-state index contributed by atoms with van der Waals surface area (Å²) in [6.07, 6.45) is 0. The molecule has 0 saturated heterocycles. The van der Waals surface area contributed by atoms with Crippen molar-refractivity contribution in [3.05, 3.63) is 35.9 Å². The normalized spacial score (nSPS) is 13.4. The first-order chi connectivity index (χ1) is 8.82. The molecule has 7 heteroatoms. The predicted octanol–water partition coefficient (Wildman–Crippen LogP) is 0.744. The van der Waals surface area contributed by atoms with Gasteiger partial charge in [-0.05, 0) is 11.5 Å². The summed E-state index contributed by atoms with van der Waals surface area (Å²) in [4.78, 5) is 0. The molecule has 0 amide bonds. The quantitative estimate of drug-likeness (QED) is 0.438. The van der Waals surface area contributed by atoms with Crippen molar-refractivity contribution in [2.24, 2.45) is 11.7 Å². The third-order valence-electron chi connectivity index (χ3n) is 2.40. The summed E-state index contributed by atoms with van der Waals surface area (Å²) in [5.41, 5.74) is 6.09. The fourth-order valence-corrected chi connectivity index (χ4v) is 2.64. The lowest BCUT2D eigenvalue weighted by Gasteiger charge is -2.18. The summed E-state index contributed by atoms with van der Waals surface area (Å²) in [6.45, 7) is 4.14. The molecule has 1 aromatic carbocycles. The molecule has 0 fully saturated rings. The van der Waals surface area contributed by atoms with Crippen LogP contribution in [0.4, 0.5) is 0 Å². The molecule has 6 nitrogen and oxygen atoms in total. The Morgan fingerprint density at radius 2 is 1.89 bits per heavy atom. The van der Waals surface area contributed by atoms with Gasteiger partial charge in [0.1, 0.15) is 11.9 Å². The Labute approximate surface area is 114 Å². The van der Waals surface area contributed by atoms with Crippen LogP contribution in [-0.4, -0.2) is 20.8 Å². The minimum absolute atomic E-state index is 0.198. The summed E-state index contributed by atoms with van der Waals surface area (Å²) in [5, 5.41) is 7.51. The fourth-order valence-electron chi connectivity index (χ4n) is 1.43. The van der Waals surface area contributed by atoms with Gasteiger partial charge in [-0.25, -0.2) is 4.72 Å². The van der Waals surface area contributed by atoms with Crippen LogP contribution >= 0.6 is 0 Å². The van der Waals surface area contributed by atoms with E-state index in [4.69, 9.17) is 11.1 Å². The summed E-state index contributed by atoms with van der Waals surface area (Å²) >= 11 is 0. The lowest BCUT2D eigenvalue weighted by Crippen LogP contribution is -2.44. The zero-order valence-electron chi connectivity index (χ0n) is 11.1. The smallest absolute Gasteiger partial charge is 0.277 e. The molecule has 5 N–H and O–H groups in total. The molecular formula is C12H20N4O2S. The summed E-state index contributed by atoms with van der Waals surface area (Å²) < 4.78 is 28.5. The van der Waals surface area contributed by atoms with Crippen LogP contribution in [0.15, 0.2) is 30.3 Å². The number of hydrogen-bond donors (Lipinski definition) is 4. The highest BCUT2D eigenvalue weighted by molar-refractivity contribution is 7.87. The van der Waals surface area contributed by atoms with Crippen molar-refractivity contribution in [3.63, 3.8) is 0 Å². The Morgan fingerprint density at radius 3 is 2.37 bits per heavy atom. The lowest BCUT2D eigenvalue weighted by atomic mass is 10.1. The average molecular weight is 284 g/mol. The van der Waals surface area contributed by atoms with E-state index in [1.54, 1.807) is 24.3 Å². The number of hydrogen-bond acceptors (Lipinski definition) is 3. The van der Waals surface area contributed by atoms with Gasteiger partial charge in [-0.15, -0.1) is 0 Å². The largest absolute Gasteiger partial charge is 0.386 e. The molecule has 0 aliphatic rings. The number of nitrogens with one attached hydrogen (secondary N) is 3. The molecule has 0 spiro atoms. The molecule has 106 valence electrons. The predicted molar refractivity (Wildman–Crippen MR) is 76.0 cm³/mol. The highest BCUT2D eigenvalue weighted by Crippen LogP contribution is 2.12. The minimum Gasteiger partial charge on any atom is -0.386 e. The van der Waals surface area contributed by atoms with E-state index in [0.717, 1.165) is 0 Å². The fraction of sp³-hybridized carbons (Fsp3) is 0.417. The van der Waals surface area contributed by atoms with E-state index in [1.165, 1.54) is 0 Å². The molecule has 0 saturated carbocycles. The first-order valence-electron chi connectivity index (χ1n) is 5.97. The third-order valence-corrected chi connectivity index (χ3v) is 3.49. The maximum absolute atomic E-state index is 11.8. The Bertz CT molecular complexity index is 514. The van der Waals surface area contributed by atoms with Gasteiger partial charge in [-0.3, -0.25) is 5.41 Å². The van der Waals surface area contributed by atoms with Crippen LogP contribution in [0, 0.1) is 11.3 Å². The summed E-state index contributed by atoms with van der Waals surface area (Å²) in [6, 6.07) is 7.92. The lowest BCUT2D eigenvalue weighted by molar-refractivity contribution is 0.543. The number of nitrogens with two attached hydrogens (primary N) is 1. The van der Waals surface area contributed by atoms with E-state index in [0.29, 0.717) is 12.1 Å². The van der Waals surface area contributed by atoms with Gasteiger partial charge in [-0.1, -0.05) is 44.2 Å². The van der Waals surface area contributed by atoms with E-state index in [1.807, 2.05) is 19.9 Å². The van der Waals surface area contributed by atoms with Crippen LogP contribution in [0.2, 0.25) is 0 Å². The SMILES string of the molecule is CC(C)CNS(=O)(=O)NC(C(=N)N)c1ccccc1. The standard InChI is InChI=1S/C12H20N4O2S/c1-9(2)8-15-19(17,18)16-11(12(13)14)10-6-4-3-5-7-10/h3-7,9,11,15-16H,8H2,1-2H3,(H3,13,14). The van der Waals surface area contributed by atoms with E-state index < -0.39 is 16.3 Å². The molecule has 19 heavy (non-hydrogen) atoms. The zero-order valence-corrected chi connectivity index (χ0v) is 11.9. The zero-order chi connectivity index (χ0) is 14.5. The first-order valence-corrected chi connectivity index (χ1v) is 7.46. The van der Waals surface area contributed by atoms with Crippen LogP contribution < -0.4 is 15.2 Å². The van der Waals surface area contributed by atoms with Gasteiger partial charge in [0.05, 0.1) is 0 Å². The molecule has 0 heterocycles. The molecule has 1 unspecified atom stereocenters. The molecule has 1 aromatic rings. The molecule has 0 bridgehead atoms. The Balaban J connectivity index is 2.83. The second kappa shape index (κ2) is 6.65. The molecule has 0 radical (unpaired) electrons. The molecule has 1 rings (SSSR count). The van der Waals surface area contributed by atoms with Crippen molar-refractivity contribution in [1.29, 1.82) is 5.41 Å². The van der Waals surface area contributed by atoms with Crippen molar-refractivity contribution in [2.75, 3.05) is 6.54 Å². The van der Waals surface area contributed by atoms with Gasteiger partial charge in [0.15, 0.2) is 0 Å².